The fraction of sp³-hybridized carbons (Fsp3) is 0.278. The van der Waals surface area contributed by atoms with E-state index in [1.165, 1.54) is 23.9 Å². The quantitative estimate of drug-likeness (QED) is 0.619. The van der Waals surface area contributed by atoms with Crippen LogP contribution in [0.4, 0.5) is 11.4 Å². The van der Waals surface area contributed by atoms with Crippen molar-refractivity contribution in [3.63, 3.8) is 0 Å². The molecule has 1 aliphatic heterocycles. The Balaban J connectivity index is 1.52. The van der Waals surface area contributed by atoms with Crippen molar-refractivity contribution in [1.82, 2.24) is 4.90 Å². The molecule has 26 heavy (non-hydrogen) atoms. The molecular formula is C18H19N3O4S. The van der Waals surface area contributed by atoms with Gasteiger partial charge in [0.25, 0.3) is 5.69 Å². The van der Waals surface area contributed by atoms with Crippen LogP contribution < -0.4 is 5.32 Å². The number of hydrogen-bond acceptors (Lipinski definition) is 6. The minimum absolute atomic E-state index is 0.0392. The van der Waals surface area contributed by atoms with Crippen LogP contribution in [0, 0.1) is 10.1 Å². The number of amides is 1. The van der Waals surface area contributed by atoms with Crippen molar-refractivity contribution in [3.05, 3.63) is 58.6 Å². The maximum Gasteiger partial charge on any atom is 0.269 e. The van der Waals surface area contributed by atoms with Crippen LogP contribution in [0.3, 0.4) is 0 Å². The third kappa shape index (κ3) is 5.29. The Labute approximate surface area is 155 Å². The number of morpholine rings is 1. The number of anilines is 1. The van der Waals surface area contributed by atoms with Crippen LogP contribution in [0.15, 0.2) is 58.3 Å². The zero-order valence-corrected chi connectivity index (χ0v) is 14.9. The summed E-state index contributed by atoms with van der Waals surface area (Å²) in [6.45, 7) is 3.25. The molecule has 3 rings (SSSR count). The molecule has 1 heterocycles. The summed E-state index contributed by atoms with van der Waals surface area (Å²) in [5.74, 6) is -0.0392. The monoisotopic (exact) mass is 373 g/mol. The second-order valence-electron chi connectivity index (χ2n) is 5.81. The van der Waals surface area contributed by atoms with Crippen LogP contribution in [0.2, 0.25) is 0 Å². The number of non-ortho nitro benzene ring substituents is 1. The van der Waals surface area contributed by atoms with Gasteiger partial charge in [-0.15, -0.1) is 0 Å². The first kappa shape index (κ1) is 18.4. The first-order valence-electron chi connectivity index (χ1n) is 8.22. The molecule has 136 valence electrons. The second-order valence-corrected chi connectivity index (χ2v) is 6.96. The maximum atomic E-state index is 12.1. The summed E-state index contributed by atoms with van der Waals surface area (Å²) in [6.07, 6.45) is 0. The molecule has 7 nitrogen and oxygen atoms in total. The highest BCUT2D eigenvalue weighted by Gasteiger charge is 2.14. The van der Waals surface area contributed by atoms with E-state index < -0.39 is 4.92 Å². The van der Waals surface area contributed by atoms with Crippen LogP contribution in [-0.4, -0.2) is 48.6 Å². The second kappa shape index (κ2) is 8.79. The van der Waals surface area contributed by atoms with E-state index in [0.717, 1.165) is 28.6 Å². The van der Waals surface area contributed by atoms with E-state index in [1.807, 2.05) is 24.3 Å². The first-order chi connectivity index (χ1) is 12.6. The molecule has 2 aromatic carbocycles. The molecule has 1 aliphatic rings. The molecule has 0 bridgehead atoms. The summed E-state index contributed by atoms with van der Waals surface area (Å²) in [5.41, 5.74) is 0.823. The Kier molecular flexibility index (Phi) is 6.21. The van der Waals surface area contributed by atoms with Gasteiger partial charge in [-0.2, -0.15) is 0 Å². The SMILES string of the molecule is O=C(CN1CCOCC1)Nc1ccc(Sc2ccc([N+](=O)[O-])cc2)cc1. The molecule has 0 aliphatic carbocycles. The molecular weight excluding hydrogens is 354 g/mol. The molecule has 0 radical (unpaired) electrons. The van der Waals surface area contributed by atoms with Crippen LogP contribution in [0.5, 0.6) is 0 Å². The molecule has 2 aromatic rings. The van der Waals surface area contributed by atoms with Crippen molar-refractivity contribution in [2.24, 2.45) is 0 Å². The van der Waals surface area contributed by atoms with E-state index in [-0.39, 0.29) is 11.6 Å². The Morgan fingerprint density at radius 2 is 1.65 bits per heavy atom. The summed E-state index contributed by atoms with van der Waals surface area (Å²) in [5, 5.41) is 13.6. The van der Waals surface area contributed by atoms with Gasteiger partial charge >= 0.3 is 0 Å². The van der Waals surface area contributed by atoms with Crippen molar-refractivity contribution in [3.8, 4) is 0 Å². The lowest BCUT2D eigenvalue weighted by Gasteiger charge is -2.25. The predicted octanol–water partition coefficient (Wildman–Crippen LogP) is 3.02. The van der Waals surface area contributed by atoms with E-state index in [2.05, 4.69) is 10.2 Å². The highest BCUT2D eigenvalue weighted by Crippen LogP contribution is 2.29. The lowest BCUT2D eigenvalue weighted by Crippen LogP contribution is -2.41. The summed E-state index contributed by atoms with van der Waals surface area (Å²) in [7, 11) is 0. The number of nitrogens with one attached hydrogen (secondary N) is 1. The molecule has 1 fully saturated rings. The van der Waals surface area contributed by atoms with E-state index in [1.54, 1.807) is 12.1 Å². The molecule has 0 spiro atoms. The van der Waals surface area contributed by atoms with Gasteiger partial charge in [0.05, 0.1) is 24.7 Å². The average Bonchev–Trinajstić information content (AvgIpc) is 2.64. The molecule has 0 unspecified atom stereocenters. The number of rotatable bonds is 6. The van der Waals surface area contributed by atoms with E-state index >= 15 is 0 Å². The first-order valence-corrected chi connectivity index (χ1v) is 9.04. The van der Waals surface area contributed by atoms with E-state index in [9.17, 15) is 14.9 Å². The summed E-state index contributed by atoms with van der Waals surface area (Å²) in [6, 6.07) is 14.0. The van der Waals surface area contributed by atoms with Gasteiger partial charge in [-0.3, -0.25) is 19.8 Å². The highest BCUT2D eigenvalue weighted by molar-refractivity contribution is 7.99. The molecule has 0 atom stereocenters. The normalized spacial score (nSPS) is 14.8. The largest absolute Gasteiger partial charge is 0.379 e. The summed E-state index contributed by atoms with van der Waals surface area (Å²) < 4.78 is 5.27. The Bertz CT molecular complexity index is 759. The van der Waals surface area contributed by atoms with Crippen LogP contribution in [0.1, 0.15) is 0 Å². The minimum Gasteiger partial charge on any atom is -0.379 e. The molecule has 0 saturated carbocycles. The summed E-state index contributed by atoms with van der Waals surface area (Å²) >= 11 is 1.51. The molecule has 0 aromatic heterocycles. The molecule has 1 saturated heterocycles. The fourth-order valence-electron chi connectivity index (χ4n) is 2.54. The van der Waals surface area contributed by atoms with Crippen LogP contribution in [0.25, 0.3) is 0 Å². The molecule has 1 amide bonds. The number of benzene rings is 2. The number of ether oxygens (including phenoxy) is 1. The molecule has 8 heteroatoms. The number of nitro benzene ring substituents is 1. The number of carbonyl (C=O) groups is 1. The van der Waals surface area contributed by atoms with Gasteiger partial charge in [0.15, 0.2) is 0 Å². The van der Waals surface area contributed by atoms with Crippen molar-refractivity contribution >= 4 is 29.0 Å². The zero-order valence-electron chi connectivity index (χ0n) is 14.1. The predicted molar refractivity (Wildman–Crippen MR) is 99.6 cm³/mol. The van der Waals surface area contributed by atoms with Gasteiger partial charge in [0.2, 0.25) is 5.91 Å². The average molecular weight is 373 g/mol. The third-order valence-corrected chi connectivity index (χ3v) is 4.91. The fourth-order valence-corrected chi connectivity index (χ4v) is 3.36. The van der Waals surface area contributed by atoms with Crippen LogP contribution in [-0.2, 0) is 9.53 Å². The number of nitrogens with zero attached hydrogens (tertiary/aromatic N) is 2. The van der Waals surface area contributed by atoms with Crippen LogP contribution >= 0.6 is 11.8 Å². The molecule has 1 N–H and O–H groups in total. The van der Waals surface area contributed by atoms with Crippen molar-refractivity contribution in [2.75, 3.05) is 38.2 Å². The van der Waals surface area contributed by atoms with Gasteiger partial charge in [-0.25, -0.2) is 0 Å². The topological polar surface area (TPSA) is 84.7 Å². The standard InChI is InChI=1S/C18H19N3O4S/c22-18(13-20-9-11-25-12-10-20)19-14-1-5-16(6-2-14)26-17-7-3-15(4-8-17)21(23)24/h1-8H,9-13H2,(H,19,22). The van der Waals surface area contributed by atoms with Crippen molar-refractivity contribution in [2.45, 2.75) is 9.79 Å². The third-order valence-electron chi connectivity index (χ3n) is 3.89. The smallest absolute Gasteiger partial charge is 0.269 e. The number of carbonyl (C=O) groups excluding carboxylic acids is 1. The van der Waals surface area contributed by atoms with E-state index in [0.29, 0.717) is 19.8 Å². The Morgan fingerprint density at radius 3 is 2.23 bits per heavy atom. The maximum absolute atomic E-state index is 12.1. The van der Waals surface area contributed by atoms with Gasteiger partial charge in [-0.1, -0.05) is 11.8 Å². The van der Waals surface area contributed by atoms with Crippen molar-refractivity contribution < 1.29 is 14.5 Å². The Hall–Kier alpha value is -2.42. The Morgan fingerprint density at radius 1 is 1.08 bits per heavy atom. The van der Waals surface area contributed by atoms with Gasteiger partial charge in [0, 0.05) is 40.7 Å². The zero-order chi connectivity index (χ0) is 18.4. The highest BCUT2D eigenvalue weighted by atomic mass is 32.2. The number of nitro groups is 1. The lowest BCUT2D eigenvalue weighted by molar-refractivity contribution is -0.384. The van der Waals surface area contributed by atoms with Gasteiger partial charge in [-0.05, 0) is 36.4 Å². The minimum atomic E-state index is -0.414. The number of hydrogen-bond donors (Lipinski definition) is 1. The van der Waals surface area contributed by atoms with E-state index in [4.69, 9.17) is 4.74 Å². The lowest BCUT2D eigenvalue weighted by atomic mass is 10.3. The van der Waals surface area contributed by atoms with Gasteiger partial charge in [0.1, 0.15) is 0 Å². The van der Waals surface area contributed by atoms with Crippen molar-refractivity contribution in [1.29, 1.82) is 0 Å². The summed E-state index contributed by atoms with van der Waals surface area (Å²) in [4.78, 5) is 26.3. The van der Waals surface area contributed by atoms with Gasteiger partial charge < -0.3 is 10.1 Å².